The summed E-state index contributed by atoms with van der Waals surface area (Å²) in [5, 5.41) is 1.99. The second-order valence-electron chi connectivity index (χ2n) is 6.30. The van der Waals surface area contributed by atoms with Gasteiger partial charge in [0.25, 0.3) is 0 Å². The van der Waals surface area contributed by atoms with Gasteiger partial charge in [-0.15, -0.1) is 0 Å². The van der Waals surface area contributed by atoms with Gasteiger partial charge in [0.2, 0.25) is 5.90 Å². The first-order chi connectivity index (χ1) is 13.0. The van der Waals surface area contributed by atoms with Crippen LogP contribution in [-0.4, -0.2) is 28.3 Å². The minimum Gasteiger partial charge on any atom is -0.439 e. The molecule has 0 N–H and O–H groups in total. The van der Waals surface area contributed by atoms with Gasteiger partial charge in [-0.1, -0.05) is 30.0 Å². The van der Waals surface area contributed by atoms with Gasteiger partial charge in [0.05, 0.1) is 12.0 Å². The molecule has 1 heterocycles. The van der Waals surface area contributed by atoms with Crippen molar-refractivity contribution >= 4 is 41.6 Å². The number of nitrogens with zero attached hydrogens (tertiary/aromatic N) is 3. The Bertz CT molecular complexity index is 893. The molecule has 6 heteroatoms. The van der Waals surface area contributed by atoms with Crippen LogP contribution in [0.15, 0.2) is 63.9 Å². The SMILES string of the molecule is Cc1cccc(OC(C=CSC2N=CN(C)S2)=Nc2ccc(C)c(C)c2)c1. The third kappa shape index (κ3) is 5.91. The highest BCUT2D eigenvalue weighted by Gasteiger charge is 2.14. The number of hydrogen-bond donors (Lipinski definition) is 0. The number of aryl methyl sites for hydroxylation is 3. The highest BCUT2D eigenvalue weighted by molar-refractivity contribution is 8.17. The molecule has 0 aliphatic carbocycles. The molecule has 1 aliphatic rings. The minimum atomic E-state index is 0.132. The zero-order valence-electron chi connectivity index (χ0n) is 15.9. The predicted molar refractivity (Wildman–Crippen MR) is 119 cm³/mol. The second-order valence-corrected chi connectivity index (χ2v) is 8.82. The molecule has 27 heavy (non-hydrogen) atoms. The first-order valence-corrected chi connectivity index (χ1v) is 10.4. The van der Waals surface area contributed by atoms with E-state index in [1.807, 2.05) is 66.4 Å². The van der Waals surface area contributed by atoms with Gasteiger partial charge in [-0.25, -0.2) is 9.98 Å². The van der Waals surface area contributed by atoms with E-state index in [2.05, 4.69) is 31.0 Å². The van der Waals surface area contributed by atoms with E-state index in [9.17, 15) is 0 Å². The fourth-order valence-electron chi connectivity index (χ4n) is 2.39. The van der Waals surface area contributed by atoms with Crippen LogP contribution in [0.4, 0.5) is 5.69 Å². The molecule has 3 rings (SSSR count). The zero-order chi connectivity index (χ0) is 19.2. The molecule has 4 nitrogen and oxygen atoms in total. The molecule has 2 aromatic carbocycles. The Labute approximate surface area is 169 Å². The molecular weight excluding hydrogens is 374 g/mol. The van der Waals surface area contributed by atoms with E-state index in [4.69, 9.17) is 9.73 Å². The van der Waals surface area contributed by atoms with Crippen LogP contribution in [0.3, 0.4) is 0 Å². The van der Waals surface area contributed by atoms with Gasteiger partial charge < -0.3 is 9.04 Å². The van der Waals surface area contributed by atoms with Crippen LogP contribution in [-0.2, 0) is 0 Å². The maximum absolute atomic E-state index is 6.05. The van der Waals surface area contributed by atoms with Crippen molar-refractivity contribution in [1.29, 1.82) is 0 Å². The highest BCUT2D eigenvalue weighted by Crippen LogP contribution is 2.31. The number of benzene rings is 2. The van der Waals surface area contributed by atoms with Crippen molar-refractivity contribution in [2.75, 3.05) is 7.05 Å². The monoisotopic (exact) mass is 397 g/mol. The van der Waals surface area contributed by atoms with E-state index in [0.29, 0.717) is 5.90 Å². The van der Waals surface area contributed by atoms with Crippen molar-refractivity contribution in [1.82, 2.24) is 4.31 Å². The average molecular weight is 398 g/mol. The summed E-state index contributed by atoms with van der Waals surface area (Å²) in [6.45, 7) is 6.23. The normalized spacial score (nSPS) is 17.1. The standard InChI is InChI=1S/C21H23N3OS2/c1-15-6-5-7-19(12-15)25-20(10-11-26-21-22-14-24(4)27-21)23-18-9-8-16(2)17(3)13-18/h5-14,21H,1-4H3. The lowest BCUT2D eigenvalue weighted by atomic mass is 10.1. The fraction of sp³-hybridized carbons (Fsp3) is 0.238. The molecule has 0 amide bonds. The summed E-state index contributed by atoms with van der Waals surface area (Å²) in [6.07, 6.45) is 3.74. The fourth-order valence-corrected chi connectivity index (χ4v) is 4.14. The van der Waals surface area contributed by atoms with Gasteiger partial charge in [0.15, 0.2) is 4.71 Å². The molecule has 0 radical (unpaired) electrons. The third-order valence-corrected chi connectivity index (χ3v) is 5.92. The van der Waals surface area contributed by atoms with Gasteiger partial charge in [-0.05, 0) is 79.1 Å². The number of ether oxygens (including phenoxy) is 1. The molecule has 0 saturated carbocycles. The Morgan fingerprint density at radius 3 is 2.74 bits per heavy atom. The summed E-state index contributed by atoms with van der Waals surface area (Å²) in [6, 6.07) is 14.1. The first-order valence-electron chi connectivity index (χ1n) is 8.65. The van der Waals surface area contributed by atoms with E-state index < -0.39 is 0 Å². The Morgan fingerprint density at radius 1 is 1.19 bits per heavy atom. The van der Waals surface area contributed by atoms with Gasteiger partial charge >= 0.3 is 0 Å². The lowest BCUT2D eigenvalue weighted by molar-refractivity contribution is 0.555. The summed E-state index contributed by atoms with van der Waals surface area (Å²) in [7, 11) is 1.99. The molecule has 0 aromatic heterocycles. The van der Waals surface area contributed by atoms with E-state index in [0.717, 1.165) is 17.0 Å². The minimum absolute atomic E-state index is 0.132. The summed E-state index contributed by atoms with van der Waals surface area (Å²) in [5.41, 5.74) is 4.49. The maximum atomic E-state index is 6.05. The highest BCUT2D eigenvalue weighted by atomic mass is 32.2. The molecular formula is C21H23N3OS2. The Hall–Kier alpha value is -2.18. The molecule has 2 aromatic rings. The molecule has 140 valence electrons. The van der Waals surface area contributed by atoms with Crippen LogP contribution in [0.1, 0.15) is 16.7 Å². The van der Waals surface area contributed by atoms with E-state index >= 15 is 0 Å². The van der Waals surface area contributed by atoms with E-state index in [1.54, 1.807) is 23.7 Å². The van der Waals surface area contributed by atoms with E-state index in [1.165, 1.54) is 11.1 Å². The molecule has 0 fully saturated rings. The number of aliphatic imine (C=N–C) groups is 2. The summed E-state index contributed by atoms with van der Waals surface area (Å²) in [4.78, 5) is 9.11. The summed E-state index contributed by atoms with van der Waals surface area (Å²) < 4.78 is 8.18. The van der Waals surface area contributed by atoms with Gasteiger partial charge in [-0.3, -0.25) is 0 Å². The van der Waals surface area contributed by atoms with Gasteiger partial charge in [0.1, 0.15) is 5.75 Å². The van der Waals surface area contributed by atoms with Crippen LogP contribution in [0.25, 0.3) is 0 Å². The number of rotatable bonds is 5. The lowest BCUT2D eigenvalue weighted by Crippen LogP contribution is -2.05. The first kappa shape index (κ1) is 19.6. The van der Waals surface area contributed by atoms with Crippen molar-refractivity contribution in [3.05, 3.63) is 70.6 Å². The van der Waals surface area contributed by atoms with Crippen LogP contribution in [0.5, 0.6) is 5.75 Å². The second kappa shape index (κ2) is 9.15. The zero-order valence-corrected chi connectivity index (χ0v) is 17.6. The van der Waals surface area contributed by atoms with Crippen LogP contribution >= 0.6 is 23.7 Å². The largest absolute Gasteiger partial charge is 0.439 e. The quantitative estimate of drug-likeness (QED) is 0.359. The van der Waals surface area contributed by atoms with Crippen molar-refractivity contribution in [2.45, 2.75) is 25.5 Å². The molecule has 0 bridgehead atoms. The molecule has 1 unspecified atom stereocenters. The smallest absolute Gasteiger partial charge is 0.220 e. The topological polar surface area (TPSA) is 37.2 Å². The third-order valence-electron chi connectivity index (χ3n) is 3.95. The lowest BCUT2D eigenvalue weighted by Gasteiger charge is -2.08. The summed E-state index contributed by atoms with van der Waals surface area (Å²) >= 11 is 3.30. The van der Waals surface area contributed by atoms with Crippen molar-refractivity contribution in [3.8, 4) is 5.75 Å². The van der Waals surface area contributed by atoms with Gasteiger partial charge in [-0.2, -0.15) is 0 Å². The Balaban J connectivity index is 1.80. The van der Waals surface area contributed by atoms with Crippen LogP contribution in [0.2, 0.25) is 0 Å². The number of thioether (sulfide) groups is 1. The Kier molecular flexibility index (Phi) is 6.63. The van der Waals surface area contributed by atoms with Crippen molar-refractivity contribution in [3.63, 3.8) is 0 Å². The average Bonchev–Trinajstić information content (AvgIpc) is 3.03. The van der Waals surface area contributed by atoms with Gasteiger partial charge in [0, 0.05) is 13.1 Å². The van der Waals surface area contributed by atoms with Crippen LogP contribution in [0, 0.1) is 20.8 Å². The molecule has 1 atom stereocenters. The van der Waals surface area contributed by atoms with E-state index in [-0.39, 0.29) is 4.71 Å². The van der Waals surface area contributed by atoms with Crippen molar-refractivity contribution in [2.24, 2.45) is 9.98 Å². The van der Waals surface area contributed by atoms with Crippen LogP contribution < -0.4 is 4.74 Å². The maximum Gasteiger partial charge on any atom is 0.220 e. The summed E-state index contributed by atoms with van der Waals surface area (Å²) in [5.74, 6) is 1.33. The molecule has 1 aliphatic heterocycles. The molecule has 0 saturated heterocycles. The predicted octanol–water partition coefficient (Wildman–Crippen LogP) is 5.87. The Morgan fingerprint density at radius 2 is 2.04 bits per heavy atom. The van der Waals surface area contributed by atoms with Crippen molar-refractivity contribution < 1.29 is 4.74 Å². The molecule has 0 spiro atoms. The number of hydrogen-bond acceptors (Lipinski definition) is 6.